The van der Waals surface area contributed by atoms with E-state index in [2.05, 4.69) is 13.8 Å². The molecule has 1 atom stereocenters. The quantitative estimate of drug-likeness (QED) is 0.396. The monoisotopic (exact) mass is 399 g/mol. The molecule has 5 nitrogen and oxygen atoms in total. The molecule has 0 spiro atoms. The van der Waals surface area contributed by atoms with Crippen LogP contribution in [0.25, 0.3) is 10.8 Å². The van der Waals surface area contributed by atoms with Gasteiger partial charge in [-0.15, -0.1) is 0 Å². The highest BCUT2D eigenvalue weighted by molar-refractivity contribution is 6.01. The molecule has 0 aromatic heterocycles. The molecule has 30 heavy (non-hydrogen) atoms. The van der Waals surface area contributed by atoms with Gasteiger partial charge in [-0.3, -0.25) is 14.9 Å². The molecule has 5 heteroatoms. The molecule has 0 N–H and O–H groups in total. The van der Waals surface area contributed by atoms with Crippen molar-refractivity contribution in [3.63, 3.8) is 0 Å². The lowest BCUT2D eigenvalue weighted by atomic mass is 9.70. The van der Waals surface area contributed by atoms with Gasteiger partial charge in [-0.05, 0) is 16.4 Å². The molecule has 1 heterocycles. The van der Waals surface area contributed by atoms with Gasteiger partial charge >= 0.3 is 0 Å². The second-order valence-electron chi connectivity index (χ2n) is 8.87. The molecule has 0 radical (unpaired) electrons. The number of benzene rings is 3. The molecule has 0 saturated heterocycles. The number of carbonyl (C=O) groups is 1. The Morgan fingerprint density at radius 1 is 1.00 bits per heavy atom. The molecule has 2 aliphatic rings. The summed E-state index contributed by atoms with van der Waals surface area (Å²) in [7, 11) is 0. The predicted octanol–water partition coefficient (Wildman–Crippen LogP) is 5.92. The van der Waals surface area contributed by atoms with E-state index in [-0.39, 0.29) is 22.8 Å². The lowest BCUT2D eigenvalue weighted by molar-refractivity contribution is -0.384. The van der Waals surface area contributed by atoms with E-state index in [1.165, 1.54) is 12.1 Å². The number of non-ortho nitro benzene ring substituents is 1. The average Bonchev–Trinajstić information content (AvgIpc) is 2.71. The van der Waals surface area contributed by atoms with E-state index in [0.717, 1.165) is 33.4 Å². The van der Waals surface area contributed by atoms with Gasteiger partial charge in [0.2, 0.25) is 0 Å². The van der Waals surface area contributed by atoms with Crippen molar-refractivity contribution in [1.82, 2.24) is 0 Å². The van der Waals surface area contributed by atoms with E-state index in [0.29, 0.717) is 18.4 Å². The van der Waals surface area contributed by atoms with E-state index in [1.54, 1.807) is 12.1 Å². The number of hydrogen-bond acceptors (Lipinski definition) is 4. The molecule has 0 bridgehead atoms. The van der Waals surface area contributed by atoms with Crippen molar-refractivity contribution in [3.05, 3.63) is 93.2 Å². The molecule has 0 fully saturated rings. The molecule has 1 unspecified atom stereocenters. The number of nitro benzene ring substituents is 1. The second-order valence-corrected chi connectivity index (χ2v) is 8.87. The Morgan fingerprint density at radius 2 is 1.73 bits per heavy atom. The summed E-state index contributed by atoms with van der Waals surface area (Å²) in [6.07, 6.45) is 1.14. The third kappa shape index (κ3) is 2.89. The number of nitro groups is 1. The Hall–Kier alpha value is -3.47. The van der Waals surface area contributed by atoms with E-state index < -0.39 is 4.92 Å². The van der Waals surface area contributed by atoms with Crippen molar-refractivity contribution in [2.45, 2.75) is 32.6 Å². The van der Waals surface area contributed by atoms with Gasteiger partial charge in [0.15, 0.2) is 5.78 Å². The van der Waals surface area contributed by atoms with Crippen LogP contribution in [0.4, 0.5) is 5.69 Å². The topological polar surface area (TPSA) is 69.4 Å². The first-order valence-electron chi connectivity index (χ1n) is 10.0. The summed E-state index contributed by atoms with van der Waals surface area (Å²) in [4.78, 5) is 23.9. The molecule has 1 aliphatic heterocycles. The number of ketones is 1. The van der Waals surface area contributed by atoms with Gasteiger partial charge in [0.05, 0.1) is 4.92 Å². The van der Waals surface area contributed by atoms with Crippen LogP contribution in [0.1, 0.15) is 43.7 Å². The van der Waals surface area contributed by atoms with Crippen LogP contribution in [0.3, 0.4) is 0 Å². The van der Waals surface area contributed by atoms with E-state index >= 15 is 0 Å². The number of allylic oxidation sites excluding steroid dienone is 2. The fraction of sp³-hybridized carbons (Fsp3) is 0.240. The van der Waals surface area contributed by atoms with Crippen LogP contribution < -0.4 is 4.74 Å². The van der Waals surface area contributed by atoms with Crippen LogP contribution in [0.5, 0.6) is 5.75 Å². The first-order valence-corrected chi connectivity index (χ1v) is 10.0. The summed E-state index contributed by atoms with van der Waals surface area (Å²) < 4.78 is 6.42. The van der Waals surface area contributed by atoms with Crippen molar-refractivity contribution < 1.29 is 14.5 Å². The van der Waals surface area contributed by atoms with Gasteiger partial charge in [-0.25, -0.2) is 0 Å². The zero-order valence-electron chi connectivity index (χ0n) is 16.8. The van der Waals surface area contributed by atoms with Gasteiger partial charge in [-0.1, -0.05) is 62.4 Å². The Balaban J connectivity index is 1.75. The number of ether oxygens (including phenoxy) is 1. The lowest BCUT2D eigenvalue weighted by Crippen LogP contribution is -2.32. The average molecular weight is 399 g/mol. The van der Waals surface area contributed by atoms with E-state index in [9.17, 15) is 14.9 Å². The minimum absolute atomic E-state index is 0.0369. The Morgan fingerprint density at radius 3 is 2.47 bits per heavy atom. The SMILES string of the molecule is CC1(C)CC(=O)C2=C(C1)Oc1c(ccc3ccccc13)C2c1ccc([N+](=O)[O-])cc1. The number of hydrogen-bond donors (Lipinski definition) is 0. The number of rotatable bonds is 2. The molecule has 0 saturated carbocycles. The highest BCUT2D eigenvalue weighted by Gasteiger charge is 2.42. The summed E-state index contributed by atoms with van der Waals surface area (Å²) in [5, 5.41) is 13.2. The van der Waals surface area contributed by atoms with Gasteiger partial charge in [0.25, 0.3) is 5.69 Å². The Labute approximate surface area is 174 Å². The Kier molecular flexibility index (Phi) is 4.03. The van der Waals surface area contributed by atoms with Crippen LogP contribution in [0.2, 0.25) is 0 Å². The highest BCUT2D eigenvalue weighted by atomic mass is 16.6. The first-order chi connectivity index (χ1) is 14.3. The fourth-order valence-corrected chi connectivity index (χ4v) is 4.71. The first kappa shape index (κ1) is 18.6. The highest BCUT2D eigenvalue weighted by Crippen LogP contribution is 2.51. The summed E-state index contributed by atoms with van der Waals surface area (Å²) in [6.45, 7) is 4.16. The molecular formula is C25H21NO4. The molecule has 1 aliphatic carbocycles. The number of Topliss-reactive ketones (excluding diaryl/α,β-unsaturated/α-hetero) is 1. The van der Waals surface area contributed by atoms with E-state index in [1.807, 2.05) is 36.4 Å². The maximum Gasteiger partial charge on any atom is 0.269 e. The van der Waals surface area contributed by atoms with Gasteiger partial charge < -0.3 is 4.74 Å². The third-order valence-corrected chi connectivity index (χ3v) is 6.05. The summed E-state index contributed by atoms with van der Waals surface area (Å²) in [5.74, 6) is 1.30. The number of carbonyl (C=O) groups excluding carboxylic acids is 1. The zero-order valence-corrected chi connectivity index (χ0v) is 16.8. The minimum atomic E-state index is -0.409. The Bertz CT molecular complexity index is 1240. The molecule has 3 aromatic carbocycles. The molecule has 3 aromatic rings. The van der Waals surface area contributed by atoms with Crippen molar-refractivity contribution in [2.24, 2.45) is 5.41 Å². The third-order valence-electron chi connectivity index (χ3n) is 6.05. The van der Waals surface area contributed by atoms with Crippen molar-refractivity contribution in [1.29, 1.82) is 0 Å². The number of fused-ring (bicyclic) bond motifs is 3. The fourth-order valence-electron chi connectivity index (χ4n) is 4.71. The van der Waals surface area contributed by atoms with Crippen molar-refractivity contribution in [3.8, 4) is 5.75 Å². The predicted molar refractivity (Wildman–Crippen MR) is 115 cm³/mol. The summed E-state index contributed by atoms with van der Waals surface area (Å²) in [5.41, 5.74) is 2.34. The largest absolute Gasteiger partial charge is 0.460 e. The second kappa shape index (κ2) is 6.52. The van der Waals surface area contributed by atoms with Crippen LogP contribution in [0.15, 0.2) is 72.0 Å². The standard InChI is InChI=1S/C25H21NO4/c1-25(2)13-20(27)23-21(14-25)30-24-18-6-4-3-5-15(18)9-12-19(24)22(23)16-7-10-17(11-8-16)26(28)29/h3-12,22H,13-14H2,1-2H3. The van der Waals surface area contributed by atoms with Crippen LogP contribution in [-0.2, 0) is 4.79 Å². The van der Waals surface area contributed by atoms with Crippen LogP contribution >= 0.6 is 0 Å². The summed E-state index contributed by atoms with van der Waals surface area (Å²) in [6, 6.07) is 18.6. The lowest BCUT2D eigenvalue weighted by Gasteiger charge is -2.38. The van der Waals surface area contributed by atoms with E-state index in [4.69, 9.17) is 4.74 Å². The zero-order chi connectivity index (χ0) is 21.0. The molecule has 150 valence electrons. The molecule has 0 amide bonds. The van der Waals surface area contributed by atoms with Crippen molar-refractivity contribution in [2.75, 3.05) is 0 Å². The maximum absolute atomic E-state index is 13.2. The minimum Gasteiger partial charge on any atom is -0.460 e. The smallest absolute Gasteiger partial charge is 0.269 e. The normalized spacial score (nSPS) is 19.8. The van der Waals surface area contributed by atoms with Gasteiger partial charge in [0, 0.05) is 47.4 Å². The summed E-state index contributed by atoms with van der Waals surface area (Å²) >= 11 is 0. The van der Waals surface area contributed by atoms with Crippen LogP contribution in [-0.4, -0.2) is 10.7 Å². The maximum atomic E-state index is 13.2. The van der Waals surface area contributed by atoms with Gasteiger partial charge in [0.1, 0.15) is 11.5 Å². The molecule has 5 rings (SSSR count). The van der Waals surface area contributed by atoms with Gasteiger partial charge in [-0.2, -0.15) is 0 Å². The number of nitrogens with zero attached hydrogens (tertiary/aromatic N) is 1. The molecular weight excluding hydrogens is 378 g/mol. The van der Waals surface area contributed by atoms with Crippen molar-refractivity contribution >= 4 is 22.2 Å². The van der Waals surface area contributed by atoms with Crippen LogP contribution in [0, 0.1) is 15.5 Å².